The van der Waals surface area contributed by atoms with Gasteiger partial charge in [0, 0.05) is 21.7 Å². The molecular formula is C23H19N3O4S. The third-order valence-corrected chi connectivity index (χ3v) is 6.80. The molecule has 0 fully saturated rings. The highest BCUT2D eigenvalue weighted by Crippen LogP contribution is 2.33. The molecule has 0 saturated heterocycles. The molecule has 0 bridgehead atoms. The van der Waals surface area contributed by atoms with Crippen molar-refractivity contribution < 1.29 is 13.4 Å². The molecule has 0 radical (unpaired) electrons. The number of nitrogens with zero attached hydrogens (tertiary/aromatic N) is 2. The number of nitrogens with one attached hydrogen (secondary N) is 1. The monoisotopic (exact) mass is 433 g/mol. The Morgan fingerprint density at radius 2 is 1.94 bits per heavy atom. The van der Waals surface area contributed by atoms with E-state index in [-0.39, 0.29) is 5.56 Å². The maximum atomic E-state index is 13.1. The van der Waals surface area contributed by atoms with Crippen molar-refractivity contribution >= 4 is 33.5 Å². The summed E-state index contributed by atoms with van der Waals surface area (Å²) in [6, 6.07) is 14.4. The first-order chi connectivity index (χ1) is 14.9. The highest BCUT2D eigenvalue weighted by atomic mass is 32.2. The van der Waals surface area contributed by atoms with Crippen LogP contribution in [0.3, 0.4) is 0 Å². The van der Waals surface area contributed by atoms with Crippen molar-refractivity contribution in [1.82, 2.24) is 9.78 Å². The Hall–Kier alpha value is -3.52. The molecule has 7 nitrogen and oxygen atoms in total. The molecule has 1 aliphatic heterocycles. The molecule has 2 aromatic heterocycles. The molecule has 156 valence electrons. The standard InChI is InChI=1S/C23H19N3O4S/c1-13-6-5-8-19(14(13)2)26-21(17-11-31(29)12-18(17)25-26)24-22(27)16-10-15-7-3-4-9-20(15)30-23(16)28/h3-10H,11-12H2,1-2H3,(H,24,27)/t31-/m1/s1. The van der Waals surface area contributed by atoms with Gasteiger partial charge < -0.3 is 9.73 Å². The number of benzene rings is 2. The number of carbonyl (C=O) groups is 1. The largest absolute Gasteiger partial charge is 0.422 e. The van der Waals surface area contributed by atoms with Gasteiger partial charge in [-0.1, -0.05) is 30.3 Å². The molecule has 2 aromatic carbocycles. The van der Waals surface area contributed by atoms with Gasteiger partial charge in [-0.25, -0.2) is 9.48 Å². The van der Waals surface area contributed by atoms with Crippen molar-refractivity contribution in [2.75, 3.05) is 5.32 Å². The lowest BCUT2D eigenvalue weighted by molar-refractivity contribution is 0.102. The van der Waals surface area contributed by atoms with Crippen LogP contribution < -0.4 is 10.9 Å². The zero-order chi connectivity index (χ0) is 21.7. The third kappa shape index (κ3) is 3.29. The summed E-state index contributed by atoms with van der Waals surface area (Å²) in [6.45, 7) is 3.99. The molecule has 1 amide bonds. The molecule has 0 unspecified atom stereocenters. The average Bonchev–Trinajstić information content (AvgIpc) is 3.26. The second-order valence-corrected chi connectivity index (χ2v) is 9.03. The van der Waals surface area contributed by atoms with E-state index in [1.54, 1.807) is 22.9 Å². The molecule has 8 heteroatoms. The van der Waals surface area contributed by atoms with Crippen LogP contribution >= 0.6 is 0 Å². The van der Waals surface area contributed by atoms with Crippen LogP contribution in [0, 0.1) is 13.8 Å². The molecular weight excluding hydrogens is 414 g/mol. The van der Waals surface area contributed by atoms with E-state index in [2.05, 4.69) is 10.4 Å². The minimum absolute atomic E-state index is 0.0970. The van der Waals surface area contributed by atoms with Gasteiger partial charge in [0.1, 0.15) is 17.0 Å². The maximum absolute atomic E-state index is 13.1. The van der Waals surface area contributed by atoms with Crippen molar-refractivity contribution in [3.05, 3.63) is 86.9 Å². The molecule has 0 saturated carbocycles. The number of aryl methyl sites for hydroxylation is 1. The summed E-state index contributed by atoms with van der Waals surface area (Å²) in [5.74, 6) is 0.495. The van der Waals surface area contributed by atoms with Gasteiger partial charge in [0.05, 0.1) is 22.9 Å². The van der Waals surface area contributed by atoms with Crippen LogP contribution in [0.4, 0.5) is 5.82 Å². The Balaban J connectivity index is 1.62. The Morgan fingerprint density at radius 1 is 1.13 bits per heavy atom. The SMILES string of the molecule is Cc1cccc(-n2nc3c(c2NC(=O)c2cc4ccccc4oc2=O)C[S@@](=O)C3)c1C. The molecule has 4 aromatic rings. The predicted molar refractivity (Wildman–Crippen MR) is 119 cm³/mol. The third-order valence-electron chi connectivity index (χ3n) is 5.59. The van der Waals surface area contributed by atoms with Gasteiger partial charge in [-0.15, -0.1) is 0 Å². The molecule has 1 atom stereocenters. The number of amides is 1. The Kier molecular flexibility index (Phi) is 4.59. The van der Waals surface area contributed by atoms with E-state index in [1.165, 1.54) is 6.07 Å². The maximum Gasteiger partial charge on any atom is 0.349 e. The van der Waals surface area contributed by atoms with E-state index in [0.717, 1.165) is 22.4 Å². The quantitative estimate of drug-likeness (QED) is 0.498. The van der Waals surface area contributed by atoms with Crippen molar-refractivity contribution in [2.45, 2.75) is 25.4 Å². The number of fused-ring (bicyclic) bond motifs is 2. The molecule has 3 heterocycles. The first kappa shape index (κ1) is 19.4. The fourth-order valence-electron chi connectivity index (χ4n) is 3.79. The lowest BCUT2D eigenvalue weighted by Gasteiger charge is -2.14. The van der Waals surface area contributed by atoms with Crippen LogP contribution in [0.25, 0.3) is 16.7 Å². The van der Waals surface area contributed by atoms with Crippen LogP contribution in [-0.2, 0) is 22.3 Å². The second-order valence-electron chi connectivity index (χ2n) is 7.57. The van der Waals surface area contributed by atoms with E-state index >= 15 is 0 Å². The van der Waals surface area contributed by atoms with E-state index < -0.39 is 22.3 Å². The first-order valence-electron chi connectivity index (χ1n) is 9.79. The molecule has 0 aliphatic carbocycles. The first-order valence-corrected chi connectivity index (χ1v) is 11.3. The minimum Gasteiger partial charge on any atom is -0.422 e. The lowest BCUT2D eigenvalue weighted by Crippen LogP contribution is -2.23. The van der Waals surface area contributed by atoms with E-state index in [9.17, 15) is 13.8 Å². The number of hydrogen-bond donors (Lipinski definition) is 1. The van der Waals surface area contributed by atoms with Crippen LogP contribution in [0.2, 0.25) is 0 Å². The molecule has 0 spiro atoms. The van der Waals surface area contributed by atoms with Crippen LogP contribution in [0.15, 0.2) is 57.7 Å². The van der Waals surface area contributed by atoms with Gasteiger partial charge in [-0.05, 0) is 43.2 Å². The van der Waals surface area contributed by atoms with Crippen molar-refractivity contribution in [2.24, 2.45) is 0 Å². The second kappa shape index (κ2) is 7.31. The highest BCUT2D eigenvalue weighted by molar-refractivity contribution is 7.83. The number of rotatable bonds is 3. The van der Waals surface area contributed by atoms with Crippen LogP contribution in [0.5, 0.6) is 0 Å². The highest BCUT2D eigenvalue weighted by Gasteiger charge is 2.29. The average molecular weight is 433 g/mol. The molecule has 31 heavy (non-hydrogen) atoms. The topological polar surface area (TPSA) is 94.2 Å². The van der Waals surface area contributed by atoms with Gasteiger partial charge in [0.2, 0.25) is 0 Å². The smallest absolute Gasteiger partial charge is 0.349 e. The summed E-state index contributed by atoms with van der Waals surface area (Å²) >= 11 is 0. The fourth-order valence-corrected chi connectivity index (χ4v) is 5.05. The van der Waals surface area contributed by atoms with Crippen LogP contribution in [-0.4, -0.2) is 19.9 Å². The Labute approximate surface area is 180 Å². The number of aromatic nitrogens is 2. The Morgan fingerprint density at radius 3 is 2.77 bits per heavy atom. The summed E-state index contributed by atoms with van der Waals surface area (Å²) in [4.78, 5) is 25.5. The molecule has 1 N–H and O–H groups in total. The number of anilines is 1. The van der Waals surface area contributed by atoms with Crippen molar-refractivity contribution in [3.63, 3.8) is 0 Å². The normalized spacial score (nSPS) is 15.2. The summed E-state index contributed by atoms with van der Waals surface area (Å²) < 4.78 is 19.1. The Bertz CT molecular complexity index is 1450. The zero-order valence-electron chi connectivity index (χ0n) is 17.0. The summed E-state index contributed by atoms with van der Waals surface area (Å²) in [6.07, 6.45) is 0. The van der Waals surface area contributed by atoms with Gasteiger partial charge in [0.25, 0.3) is 5.91 Å². The predicted octanol–water partition coefficient (Wildman–Crippen LogP) is 3.61. The van der Waals surface area contributed by atoms with Gasteiger partial charge in [0.15, 0.2) is 0 Å². The number of para-hydroxylation sites is 1. The van der Waals surface area contributed by atoms with E-state index in [1.807, 2.05) is 38.1 Å². The molecule has 5 rings (SSSR count). The minimum atomic E-state index is -1.06. The van der Waals surface area contributed by atoms with E-state index in [4.69, 9.17) is 4.42 Å². The van der Waals surface area contributed by atoms with Gasteiger partial charge >= 0.3 is 5.63 Å². The van der Waals surface area contributed by atoms with Crippen molar-refractivity contribution in [1.29, 1.82) is 0 Å². The van der Waals surface area contributed by atoms with Crippen molar-refractivity contribution in [3.8, 4) is 5.69 Å². The summed E-state index contributed by atoms with van der Waals surface area (Å²) in [7, 11) is -1.06. The van der Waals surface area contributed by atoms with Crippen LogP contribution in [0.1, 0.15) is 32.7 Å². The summed E-state index contributed by atoms with van der Waals surface area (Å²) in [5, 5.41) is 8.14. The number of carbonyl (C=O) groups excluding carboxylic acids is 1. The lowest BCUT2D eigenvalue weighted by atomic mass is 10.1. The van der Waals surface area contributed by atoms with E-state index in [0.29, 0.717) is 34.0 Å². The fraction of sp³-hybridized carbons (Fsp3) is 0.174. The zero-order valence-corrected chi connectivity index (χ0v) is 17.8. The van der Waals surface area contributed by atoms with Gasteiger partial charge in [-0.3, -0.25) is 9.00 Å². The summed E-state index contributed by atoms with van der Waals surface area (Å²) in [5.41, 5.74) is 3.96. The number of hydrogen-bond acceptors (Lipinski definition) is 5. The van der Waals surface area contributed by atoms with Gasteiger partial charge in [-0.2, -0.15) is 5.10 Å². The molecule has 1 aliphatic rings.